The first-order valence-corrected chi connectivity index (χ1v) is 5.33. The normalized spacial score (nSPS) is 10.3. The largest absolute Gasteiger partial charge is 0.496 e. The highest BCUT2D eigenvalue weighted by Gasteiger charge is 2.07. The van der Waals surface area contributed by atoms with Gasteiger partial charge in [-0.3, -0.25) is 14.3 Å². The number of anilines is 1. The summed E-state index contributed by atoms with van der Waals surface area (Å²) in [6, 6.07) is 8.47. The molecule has 0 aliphatic heterocycles. The SMILES string of the molecule is COc1ccccc1Cn1c(N)cc(=O)[nH]c1=O. The standard InChI is InChI=1S/C12H13N3O3/c1-18-9-5-3-2-4-8(9)7-15-10(13)6-11(16)14-12(15)17/h2-6H,7,13H2,1H3,(H,14,16,17). The summed E-state index contributed by atoms with van der Waals surface area (Å²) in [6.07, 6.45) is 0. The summed E-state index contributed by atoms with van der Waals surface area (Å²) >= 11 is 0. The average molecular weight is 247 g/mol. The molecule has 0 aliphatic carbocycles. The van der Waals surface area contributed by atoms with E-state index in [0.29, 0.717) is 5.75 Å². The first-order valence-electron chi connectivity index (χ1n) is 5.33. The van der Waals surface area contributed by atoms with E-state index >= 15 is 0 Å². The molecule has 0 radical (unpaired) electrons. The van der Waals surface area contributed by atoms with Crippen LogP contribution in [0.1, 0.15) is 5.56 Å². The summed E-state index contributed by atoms with van der Waals surface area (Å²) in [5.74, 6) is 0.782. The number of hydrogen-bond donors (Lipinski definition) is 2. The van der Waals surface area contributed by atoms with Crippen molar-refractivity contribution in [2.24, 2.45) is 0 Å². The third kappa shape index (κ3) is 2.27. The lowest BCUT2D eigenvalue weighted by molar-refractivity contribution is 0.408. The lowest BCUT2D eigenvalue weighted by Crippen LogP contribution is -2.31. The lowest BCUT2D eigenvalue weighted by Gasteiger charge is -2.11. The van der Waals surface area contributed by atoms with Crippen molar-refractivity contribution < 1.29 is 4.74 Å². The van der Waals surface area contributed by atoms with Crippen LogP contribution >= 0.6 is 0 Å². The van der Waals surface area contributed by atoms with Crippen molar-refractivity contribution in [1.29, 1.82) is 0 Å². The zero-order valence-corrected chi connectivity index (χ0v) is 9.84. The van der Waals surface area contributed by atoms with Crippen LogP contribution in [0.4, 0.5) is 5.82 Å². The molecule has 0 aliphatic rings. The van der Waals surface area contributed by atoms with Crippen LogP contribution in [-0.2, 0) is 6.54 Å². The van der Waals surface area contributed by atoms with Gasteiger partial charge in [0, 0.05) is 11.6 Å². The maximum Gasteiger partial charge on any atom is 0.330 e. The van der Waals surface area contributed by atoms with E-state index in [2.05, 4.69) is 4.98 Å². The molecule has 1 heterocycles. The Morgan fingerprint density at radius 1 is 1.33 bits per heavy atom. The fourth-order valence-corrected chi connectivity index (χ4v) is 1.71. The molecule has 0 atom stereocenters. The number of nitrogens with zero attached hydrogens (tertiary/aromatic N) is 1. The molecule has 0 saturated carbocycles. The zero-order chi connectivity index (χ0) is 13.1. The van der Waals surface area contributed by atoms with Crippen molar-refractivity contribution in [3.63, 3.8) is 0 Å². The van der Waals surface area contributed by atoms with Crippen molar-refractivity contribution in [2.75, 3.05) is 12.8 Å². The first-order chi connectivity index (χ1) is 8.61. The van der Waals surface area contributed by atoms with Crippen molar-refractivity contribution in [1.82, 2.24) is 9.55 Å². The molecule has 0 saturated heterocycles. The summed E-state index contributed by atoms with van der Waals surface area (Å²) in [7, 11) is 1.55. The summed E-state index contributed by atoms with van der Waals surface area (Å²) in [4.78, 5) is 24.9. The second-order valence-corrected chi connectivity index (χ2v) is 3.76. The minimum atomic E-state index is -0.536. The Kier molecular flexibility index (Phi) is 3.18. The van der Waals surface area contributed by atoms with Crippen LogP contribution in [0.15, 0.2) is 39.9 Å². The Bertz CT molecular complexity index is 673. The van der Waals surface area contributed by atoms with Gasteiger partial charge in [0.25, 0.3) is 5.56 Å². The number of nitrogen functional groups attached to an aromatic ring is 1. The first kappa shape index (κ1) is 12.0. The lowest BCUT2D eigenvalue weighted by atomic mass is 10.2. The van der Waals surface area contributed by atoms with Crippen LogP contribution in [0.3, 0.4) is 0 Å². The molecular formula is C12H13N3O3. The number of para-hydroxylation sites is 1. The van der Waals surface area contributed by atoms with Crippen molar-refractivity contribution in [3.05, 3.63) is 56.7 Å². The molecule has 2 aromatic rings. The third-order valence-electron chi connectivity index (χ3n) is 2.59. The maximum atomic E-state index is 11.7. The van der Waals surface area contributed by atoms with Gasteiger partial charge in [-0.15, -0.1) is 0 Å². The number of aromatic nitrogens is 2. The topological polar surface area (TPSA) is 90.1 Å². The Labute approximate surface area is 103 Å². The molecule has 0 spiro atoms. The van der Waals surface area contributed by atoms with Crippen molar-refractivity contribution in [2.45, 2.75) is 6.54 Å². The molecule has 2 rings (SSSR count). The minimum absolute atomic E-state index is 0.120. The summed E-state index contributed by atoms with van der Waals surface area (Å²) in [5.41, 5.74) is 5.43. The van der Waals surface area contributed by atoms with Gasteiger partial charge in [-0.05, 0) is 6.07 Å². The monoisotopic (exact) mass is 247 g/mol. The third-order valence-corrected chi connectivity index (χ3v) is 2.59. The quantitative estimate of drug-likeness (QED) is 0.809. The molecular weight excluding hydrogens is 234 g/mol. The highest BCUT2D eigenvalue weighted by Crippen LogP contribution is 2.18. The summed E-state index contributed by atoms with van der Waals surface area (Å²) in [5, 5.41) is 0. The molecule has 1 aromatic carbocycles. The maximum absolute atomic E-state index is 11.7. The van der Waals surface area contributed by atoms with Crippen LogP contribution in [0.2, 0.25) is 0 Å². The van der Waals surface area contributed by atoms with Crippen LogP contribution < -0.4 is 21.7 Å². The molecule has 94 valence electrons. The number of ether oxygens (including phenoxy) is 1. The van der Waals surface area contributed by atoms with Gasteiger partial charge in [0.1, 0.15) is 11.6 Å². The molecule has 0 fully saturated rings. The van der Waals surface area contributed by atoms with Gasteiger partial charge in [-0.2, -0.15) is 0 Å². The fraction of sp³-hybridized carbons (Fsp3) is 0.167. The molecule has 0 unspecified atom stereocenters. The number of methoxy groups -OCH3 is 1. The van der Waals surface area contributed by atoms with Gasteiger partial charge in [0.05, 0.1) is 13.7 Å². The molecule has 18 heavy (non-hydrogen) atoms. The fourth-order valence-electron chi connectivity index (χ4n) is 1.71. The second-order valence-electron chi connectivity index (χ2n) is 3.76. The minimum Gasteiger partial charge on any atom is -0.496 e. The smallest absolute Gasteiger partial charge is 0.330 e. The van der Waals surface area contributed by atoms with Gasteiger partial charge in [0.15, 0.2) is 0 Å². The van der Waals surface area contributed by atoms with E-state index in [0.717, 1.165) is 5.56 Å². The summed E-state index contributed by atoms with van der Waals surface area (Å²) in [6.45, 7) is 0.242. The number of benzene rings is 1. The Morgan fingerprint density at radius 2 is 2.06 bits per heavy atom. The molecule has 3 N–H and O–H groups in total. The molecule has 0 bridgehead atoms. The summed E-state index contributed by atoms with van der Waals surface area (Å²) < 4.78 is 6.47. The van der Waals surface area contributed by atoms with Crippen molar-refractivity contribution >= 4 is 5.82 Å². The highest BCUT2D eigenvalue weighted by atomic mass is 16.5. The van der Waals surface area contributed by atoms with E-state index in [1.54, 1.807) is 13.2 Å². The van der Waals surface area contributed by atoms with E-state index in [-0.39, 0.29) is 12.4 Å². The zero-order valence-electron chi connectivity index (χ0n) is 9.84. The van der Waals surface area contributed by atoms with Gasteiger partial charge in [-0.1, -0.05) is 18.2 Å². The van der Waals surface area contributed by atoms with E-state index in [1.165, 1.54) is 10.6 Å². The molecule has 6 heteroatoms. The number of hydrogen-bond acceptors (Lipinski definition) is 4. The van der Waals surface area contributed by atoms with Crippen LogP contribution in [0, 0.1) is 0 Å². The van der Waals surface area contributed by atoms with Crippen molar-refractivity contribution in [3.8, 4) is 5.75 Å². The van der Waals surface area contributed by atoms with Gasteiger partial charge in [0.2, 0.25) is 0 Å². The molecule has 0 amide bonds. The van der Waals surface area contributed by atoms with Gasteiger partial charge in [-0.25, -0.2) is 4.79 Å². The van der Waals surface area contributed by atoms with Gasteiger partial charge < -0.3 is 10.5 Å². The predicted molar refractivity (Wildman–Crippen MR) is 67.8 cm³/mol. The number of aromatic amines is 1. The van der Waals surface area contributed by atoms with Gasteiger partial charge >= 0.3 is 5.69 Å². The Balaban J connectivity index is 2.47. The van der Waals surface area contributed by atoms with E-state index < -0.39 is 11.2 Å². The Morgan fingerprint density at radius 3 is 2.72 bits per heavy atom. The highest BCUT2D eigenvalue weighted by molar-refractivity contribution is 5.35. The average Bonchev–Trinajstić information content (AvgIpc) is 2.34. The van der Waals surface area contributed by atoms with Crippen LogP contribution in [0.5, 0.6) is 5.75 Å². The molecule has 1 aromatic heterocycles. The van der Waals surface area contributed by atoms with E-state index in [1.807, 2.05) is 18.2 Å². The van der Waals surface area contributed by atoms with Crippen LogP contribution in [-0.4, -0.2) is 16.7 Å². The van der Waals surface area contributed by atoms with E-state index in [4.69, 9.17) is 10.5 Å². The number of H-pyrrole nitrogens is 1. The molecule has 6 nitrogen and oxygen atoms in total. The van der Waals surface area contributed by atoms with E-state index in [9.17, 15) is 9.59 Å². The van der Waals surface area contributed by atoms with Crippen LogP contribution in [0.25, 0.3) is 0 Å². The number of nitrogens with one attached hydrogen (secondary N) is 1. The predicted octanol–water partition coefficient (Wildman–Crippen LogP) is 0.176. The number of rotatable bonds is 3. The second kappa shape index (κ2) is 4.79. The Hall–Kier alpha value is -2.50. The number of nitrogens with two attached hydrogens (primary N) is 1.